The number of hydrogen-bond donors (Lipinski definition) is 0. The maximum Gasteiger partial charge on any atom is 0.262 e. The monoisotopic (exact) mass is 445 g/mol. The molecule has 4 rings (SSSR count). The van der Waals surface area contributed by atoms with Gasteiger partial charge in [-0.15, -0.1) is 10.2 Å². The van der Waals surface area contributed by atoms with Crippen molar-refractivity contribution in [2.75, 3.05) is 13.1 Å². The van der Waals surface area contributed by atoms with Gasteiger partial charge in [-0.3, -0.25) is 0 Å². The van der Waals surface area contributed by atoms with Crippen LogP contribution < -0.4 is 0 Å². The summed E-state index contributed by atoms with van der Waals surface area (Å²) >= 11 is 0. The van der Waals surface area contributed by atoms with Crippen molar-refractivity contribution in [3.63, 3.8) is 0 Å². The SMILES string of the molecule is CC(C)c1nc(S(=O)(=O)N2CCC(c3nnc4ccc(C(C)(C)C)nn34)CC2)cn1C. The summed E-state index contributed by atoms with van der Waals surface area (Å²) in [5, 5.41) is 13.6. The number of hydrogen-bond acceptors (Lipinski definition) is 6. The minimum atomic E-state index is -3.62. The molecule has 9 nitrogen and oxygen atoms in total. The third-order valence-corrected chi connectivity index (χ3v) is 7.66. The van der Waals surface area contributed by atoms with Crippen molar-refractivity contribution < 1.29 is 8.42 Å². The second kappa shape index (κ2) is 7.67. The summed E-state index contributed by atoms with van der Waals surface area (Å²) in [5.74, 6) is 1.84. The van der Waals surface area contributed by atoms with Crippen molar-refractivity contribution in [2.45, 2.75) is 69.7 Å². The molecule has 3 aromatic heterocycles. The molecular formula is C21H31N7O2S. The van der Waals surface area contributed by atoms with E-state index in [1.807, 2.05) is 37.5 Å². The zero-order chi connectivity index (χ0) is 22.6. The molecule has 0 atom stereocenters. The quantitative estimate of drug-likeness (QED) is 0.612. The summed E-state index contributed by atoms with van der Waals surface area (Å²) in [6, 6.07) is 3.93. The average molecular weight is 446 g/mol. The number of aromatic nitrogens is 6. The standard InChI is InChI=1S/C21H31N7O2S/c1-14(2)19-22-18(13-26(19)6)31(29,30)27-11-9-15(10-12-27)20-24-23-17-8-7-16(21(3,4)5)25-28(17)20/h7-8,13-15H,9-12H2,1-6H3. The lowest BCUT2D eigenvalue weighted by Crippen LogP contribution is -2.38. The van der Waals surface area contributed by atoms with E-state index < -0.39 is 10.0 Å². The highest BCUT2D eigenvalue weighted by atomic mass is 32.2. The van der Waals surface area contributed by atoms with Crippen LogP contribution in [-0.4, -0.2) is 55.2 Å². The number of nitrogens with zero attached hydrogens (tertiary/aromatic N) is 7. The number of aryl methyl sites for hydroxylation is 1. The van der Waals surface area contributed by atoms with Gasteiger partial charge >= 0.3 is 0 Å². The van der Waals surface area contributed by atoms with Gasteiger partial charge in [0.1, 0.15) is 5.82 Å². The third kappa shape index (κ3) is 3.98. The predicted molar refractivity (Wildman–Crippen MR) is 118 cm³/mol. The first-order valence-electron chi connectivity index (χ1n) is 10.7. The molecule has 0 aliphatic carbocycles. The minimum absolute atomic E-state index is 0.0787. The van der Waals surface area contributed by atoms with E-state index in [2.05, 4.69) is 36.0 Å². The maximum atomic E-state index is 13.1. The summed E-state index contributed by atoms with van der Waals surface area (Å²) in [7, 11) is -1.78. The fourth-order valence-corrected chi connectivity index (χ4v) is 5.52. The van der Waals surface area contributed by atoms with Gasteiger partial charge in [-0.2, -0.15) is 13.9 Å². The van der Waals surface area contributed by atoms with Crippen LogP contribution in [0.5, 0.6) is 0 Å². The Morgan fingerprint density at radius 2 is 1.77 bits per heavy atom. The number of rotatable bonds is 4. The molecule has 168 valence electrons. The average Bonchev–Trinajstić information content (AvgIpc) is 3.31. The maximum absolute atomic E-state index is 13.1. The molecule has 0 bridgehead atoms. The summed E-state index contributed by atoms with van der Waals surface area (Å²) in [5.41, 5.74) is 1.61. The van der Waals surface area contributed by atoms with Crippen molar-refractivity contribution in [3.05, 3.63) is 35.7 Å². The lowest BCUT2D eigenvalue weighted by atomic mass is 9.92. The van der Waals surface area contributed by atoms with Crippen molar-refractivity contribution >= 4 is 15.7 Å². The zero-order valence-corrected chi connectivity index (χ0v) is 19.9. The lowest BCUT2D eigenvalue weighted by molar-refractivity contribution is 0.310. The van der Waals surface area contributed by atoms with Crippen LogP contribution in [-0.2, 0) is 22.5 Å². The Morgan fingerprint density at radius 3 is 2.35 bits per heavy atom. The van der Waals surface area contributed by atoms with E-state index >= 15 is 0 Å². The smallest absolute Gasteiger partial charge is 0.262 e. The van der Waals surface area contributed by atoms with Crippen molar-refractivity contribution in [2.24, 2.45) is 7.05 Å². The summed E-state index contributed by atoms with van der Waals surface area (Å²) in [6.45, 7) is 11.2. The van der Waals surface area contributed by atoms with Crippen LogP contribution in [0.25, 0.3) is 5.65 Å². The Kier molecular flexibility index (Phi) is 5.41. The lowest BCUT2D eigenvalue weighted by Gasteiger charge is -2.29. The van der Waals surface area contributed by atoms with Crippen LogP contribution >= 0.6 is 0 Å². The van der Waals surface area contributed by atoms with E-state index in [9.17, 15) is 8.42 Å². The molecule has 10 heteroatoms. The molecule has 0 saturated carbocycles. The van der Waals surface area contributed by atoms with E-state index in [0.717, 1.165) is 17.3 Å². The molecule has 1 aliphatic rings. The van der Waals surface area contributed by atoms with Gasteiger partial charge in [-0.25, -0.2) is 13.4 Å². The van der Waals surface area contributed by atoms with E-state index in [0.29, 0.717) is 31.6 Å². The molecule has 0 unspecified atom stereocenters. The van der Waals surface area contributed by atoms with Crippen LogP contribution in [0.2, 0.25) is 0 Å². The summed E-state index contributed by atoms with van der Waals surface area (Å²) < 4.78 is 31.4. The fourth-order valence-electron chi connectivity index (χ4n) is 4.06. The molecule has 1 aliphatic heterocycles. The first-order chi connectivity index (χ1) is 14.5. The van der Waals surface area contributed by atoms with Crippen molar-refractivity contribution in [3.8, 4) is 0 Å². The topological polar surface area (TPSA) is 98.3 Å². The van der Waals surface area contributed by atoms with Gasteiger partial charge in [-0.05, 0) is 25.0 Å². The van der Waals surface area contributed by atoms with Crippen LogP contribution in [0.4, 0.5) is 0 Å². The Balaban J connectivity index is 1.54. The number of fused-ring (bicyclic) bond motifs is 1. The van der Waals surface area contributed by atoms with Gasteiger partial charge < -0.3 is 4.57 Å². The molecule has 4 heterocycles. The first-order valence-corrected chi connectivity index (χ1v) is 12.2. The predicted octanol–water partition coefficient (Wildman–Crippen LogP) is 2.85. The second-order valence-corrected chi connectivity index (χ2v) is 11.6. The summed E-state index contributed by atoms with van der Waals surface area (Å²) in [6.07, 6.45) is 2.96. The highest BCUT2D eigenvalue weighted by molar-refractivity contribution is 7.89. The fraction of sp³-hybridized carbons (Fsp3) is 0.619. The molecule has 1 fully saturated rings. The molecule has 31 heavy (non-hydrogen) atoms. The molecule has 0 N–H and O–H groups in total. The van der Waals surface area contributed by atoms with Gasteiger partial charge in [-0.1, -0.05) is 34.6 Å². The minimum Gasteiger partial charge on any atom is -0.336 e. The van der Waals surface area contributed by atoms with Gasteiger partial charge in [0.2, 0.25) is 0 Å². The Hall–Kier alpha value is -2.33. The molecule has 0 radical (unpaired) electrons. The van der Waals surface area contributed by atoms with Crippen LogP contribution in [0.15, 0.2) is 23.4 Å². The molecule has 0 spiro atoms. The summed E-state index contributed by atoms with van der Waals surface area (Å²) in [4.78, 5) is 4.40. The van der Waals surface area contributed by atoms with Gasteiger partial charge in [0.15, 0.2) is 16.5 Å². The van der Waals surface area contributed by atoms with Crippen LogP contribution in [0.3, 0.4) is 0 Å². The van der Waals surface area contributed by atoms with Gasteiger partial charge in [0, 0.05) is 43.6 Å². The van der Waals surface area contributed by atoms with Crippen LogP contribution in [0, 0.1) is 0 Å². The number of piperidine rings is 1. The van der Waals surface area contributed by atoms with E-state index in [-0.39, 0.29) is 22.3 Å². The normalized spacial score (nSPS) is 17.1. The molecular weight excluding hydrogens is 414 g/mol. The first kappa shape index (κ1) is 21.9. The third-order valence-electron chi connectivity index (χ3n) is 5.89. The van der Waals surface area contributed by atoms with Crippen LogP contribution in [0.1, 0.15) is 76.6 Å². The largest absolute Gasteiger partial charge is 0.336 e. The van der Waals surface area contributed by atoms with Crippen molar-refractivity contribution in [1.29, 1.82) is 0 Å². The van der Waals surface area contributed by atoms with Gasteiger partial charge in [0.25, 0.3) is 10.0 Å². The Bertz CT molecular complexity index is 1200. The van der Waals surface area contributed by atoms with E-state index in [4.69, 9.17) is 5.10 Å². The Morgan fingerprint density at radius 1 is 1.10 bits per heavy atom. The number of imidazole rings is 1. The number of sulfonamides is 1. The van der Waals surface area contributed by atoms with Crippen molar-refractivity contribution in [1.82, 2.24) is 33.7 Å². The molecule has 1 saturated heterocycles. The highest BCUT2D eigenvalue weighted by Gasteiger charge is 2.34. The molecule has 3 aromatic rings. The Labute approximate surface area is 183 Å². The van der Waals surface area contributed by atoms with E-state index in [1.54, 1.807) is 10.8 Å². The second-order valence-electron chi connectivity index (χ2n) is 9.68. The molecule has 0 amide bonds. The highest BCUT2D eigenvalue weighted by Crippen LogP contribution is 2.30. The van der Waals surface area contributed by atoms with E-state index in [1.165, 1.54) is 4.31 Å². The molecule has 0 aromatic carbocycles. The zero-order valence-electron chi connectivity index (χ0n) is 19.1. The van der Waals surface area contributed by atoms with Gasteiger partial charge in [0.05, 0.1) is 5.69 Å².